The summed E-state index contributed by atoms with van der Waals surface area (Å²) < 4.78 is 5.20. The standard InChI is InChI=1S/C9H19NO/c1-7(8(2)11-3)10-6-9-4-5-9/h7-10H,4-6H2,1-3H3. The van der Waals surface area contributed by atoms with Crippen molar-refractivity contribution in [3.8, 4) is 0 Å². The Labute approximate surface area is 69.3 Å². The monoisotopic (exact) mass is 157 g/mol. The van der Waals surface area contributed by atoms with Crippen LogP contribution in [0, 0.1) is 5.92 Å². The van der Waals surface area contributed by atoms with E-state index in [2.05, 4.69) is 19.2 Å². The third-order valence-corrected chi connectivity index (χ3v) is 2.50. The van der Waals surface area contributed by atoms with Crippen LogP contribution in [0.3, 0.4) is 0 Å². The molecule has 0 heterocycles. The zero-order chi connectivity index (χ0) is 8.27. The molecule has 0 bridgehead atoms. The fourth-order valence-corrected chi connectivity index (χ4v) is 1.04. The molecule has 0 radical (unpaired) electrons. The summed E-state index contributed by atoms with van der Waals surface area (Å²) in [6.07, 6.45) is 3.16. The SMILES string of the molecule is COC(C)C(C)NCC1CC1. The Balaban J connectivity index is 2.03. The minimum absolute atomic E-state index is 0.328. The van der Waals surface area contributed by atoms with Gasteiger partial charge in [-0.15, -0.1) is 0 Å². The minimum Gasteiger partial charge on any atom is -0.380 e. The van der Waals surface area contributed by atoms with Crippen LogP contribution in [0.5, 0.6) is 0 Å². The smallest absolute Gasteiger partial charge is 0.0693 e. The Morgan fingerprint density at radius 1 is 1.45 bits per heavy atom. The molecule has 0 aromatic carbocycles. The van der Waals surface area contributed by atoms with Gasteiger partial charge in [-0.05, 0) is 39.2 Å². The first kappa shape index (κ1) is 9.01. The Morgan fingerprint density at radius 2 is 2.09 bits per heavy atom. The molecule has 0 saturated heterocycles. The summed E-state index contributed by atoms with van der Waals surface area (Å²) in [7, 11) is 1.76. The van der Waals surface area contributed by atoms with Gasteiger partial charge < -0.3 is 10.1 Å². The van der Waals surface area contributed by atoms with E-state index in [1.165, 1.54) is 19.4 Å². The highest BCUT2D eigenvalue weighted by Crippen LogP contribution is 2.27. The molecule has 0 aliphatic heterocycles. The van der Waals surface area contributed by atoms with Gasteiger partial charge in [0.2, 0.25) is 0 Å². The fourth-order valence-electron chi connectivity index (χ4n) is 1.04. The molecular weight excluding hydrogens is 138 g/mol. The number of hydrogen-bond acceptors (Lipinski definition) is 2. The Kier molecular flexibility index (Phi) is 3.34. The van der Waals surface area contributed by atoms with Crippen molar-refractivity contribution >= 4 is 0 Å². The van der Waals surface area contributed by atoms with Gasteiger partial charge in [0.05, 0.1) is 6.10 Å². The molecule has 2 atom stereocenters. The van der Waals surface area contributed by atoms with E-state index in [4.69, 9.17) is 4.74 Å². The first-order valence-corrected chi connectivity index (χ1v) is 4.50. The highest BCUT2D eigenvalue weighted by Gasteiger charge is 2.22. The Hall–Kier alpha value is -0.0800. The number of ether oxygens (including phenoxy) is 1. The number of hydrogen-bond donors (Lipinski definition) is 1. The average molecular weight is 157 g/mol. The van der Waals surface area contributed by atoms with Crippen molar-refractivity contribution in [2.24, 2.45) is 5.92 Å². The van der Waals surface area contributed by atoms with E-state index in [-0.39, 0.29) is 0 Å². The average Bonchev–Trinajstić information content (AvgIpc) is 2.81. The van der Waals surface area contributed by atoms with Crippen LogP contribution in [-0.2, 0) is 4.74 Å². The van der Waals surface area contributed by atoms with Gasteiger partial charge in [-0.1, -0.05) is 0 Å². The summed E-state index contributed by atoms with van der Waals surface area (Å²) in [6, 6.07) is 0.487. The van der Waals surface area contributed by atoms with Gasteiger partial charge >= 0.3 is 0 Å². The minimum atomic E-state index is 0.328. The summed E-state index contributed by atoms with van der Waals surface area (Å²) in [4.78, 5) is 0. The summed E-state index contributed by atoms with van der Waals surface area (Å²) in [5.41, 5.74) is 0. The summed E-state index contributed by atoms with van der Waals surface area (Å²) in [5.74, 6) is 0.960. The molecule has 1 rings (SSSR count). The van der Waals surface area contributed by atoms with Crippen LogP contribution in [0.25, 0.3) is 0 Å². The number of methoxy groups -OCH3 is 1. The maximum atomic E-state index is 5.20. The molecule has 0 amide bonds. The maximum absolute atomic E-state index is 5.20. The van der Waals surface area contributed by atoms with E-state index >= 15 is 0 Å². The quantitative estimate of drug-likeness (QED) is 0.651. The first-order chi connectivity index (χ1) is 5.24. The zero-order valence-electron chi connectivity index (χ0n) is 7.76. The second kappa shape index (κ2) is 4.07. The van der Waals surface area contributed by atoms with E-state index in [0.29, 0.717) is 12.1 Å². The van der Waals surface area contributed by atoms with Gasteiger partial charge in [0.25, 0.3) is 0 Å². The van der Waals surface area contributed by atoms with Crippen molar-refractivity contribution < 1.29 is 4.74 Å². The third kappa shape index (κ3) is 3.21. The molecule has 1 fully saturated rings. The molecule has 2 heteroatoms. The van der Waals surface area contributed by atoms with Crippen LogP contribution in [0.1, 0.15) is 26.7 Å². The predicted octanol–water partition coefficient (Wildman–Crippen LogP) is 1.41. The zero-order valence-corrected chi connectivity index (χ0v) is 7.76. The molecule has 11 heavy (non-hydrogen) atoms. The lowest BCUT2D eigenvalue weighted by molar-refractivity contribution is 0.0884. The first-order valence-electron chi connectivity index (χ1n) is 4.50. The molecule has 0 aromatic rings. The molecule has 1 aliphatic carbocycles. The number of rotatable bonds is 5. The van der Waals surface area contributed by atoms with Crippen molar-refractivity contribution in [2.75, 3.05) is 13.7 Å². The van der Waals surface area contributed by atoms with Crippen LogP contribution < -0.4 is 5.32 Å². The van der Waals surface area contributed by atoms with Gasteiger partial charge in [-0.25, -0.2) is 0 Å². The molecule has 0 aromatic heterocycles. The van der Waals surface area contributed by atoms with Crippen molar-refractivity contribution in [3.63, 3.8) is 0 Å². The fraction of sp³-hybridized carbons (Fsp3) is 1.00. The summed E-state index contributed by atoms with van der Waals surface area (Å²) in [6.45, 7) is 5.45. The highest BCUT2D eigenvalue weighted by molar-refractivity contribution is 4.78. The van der Waals surface area contributed by atoms with Gasteiger partial charge in [0.1, 0.15) is 0 Å². The van der Waals surface area contributed by atoms with Crippen molar-refractivity contribution in [2.45, 2.75) is 38.8 Å². The molecular formula is C9H19NO. The molecule has 1 saturated carbocycles. The lowest BCUT2D eigenvalue weighted by Gasteiger charge is -2.19. The molecule has 2 unspecified atom stereocenters. The molecule has 2 nitrogen and oxygen atoms in total. The van der Waals surface area contributed by atoms with E-state index in [1.807, 2.05) is 0 Å². The van der Waals surface area contributed by atoms with Crippen LogP contribution in [0.2, 0.25) is 0 Å². The second-order valence-electron chi connectivity index (χ2n) is 3.58. The van der Waals surface area contributed by atoms with Crippen molar-refractivity contribution in [1.82, 2.24) is 5.32 Å². The Bertz CT molecular complexity index is 112. The van der Waals surface area contributed by atoms with Gasteiger partial charge in [0.15, 0.2) is 0 Å². The highest BCUT2D eigenvalue weighted by atomic mass is 16.5. The largest absolute Gasteiger partial charge is 0.380 e. The Morgan fingerprint density at radius 3 is 2.55 bits per heavy atom. The lowest BCUT2D eigenvalue weighted by Crippen LogP contribution is -2.37. The number of nitrogens with one attached hydrogen (secondary N) is 1. The lowest BCUT2D eigenvalue weighted by atomic mass is 10.2. The summed E-state index contributed by atoms with van der Waals surface area (Å²) in [5, 5.41) is 3.47. The van der Waals surface area contributed by atoms with Gasteiger partial charge in [-0.2, -0.15) is 0 Å². The van der Waals surface area contributed by atoms with E-state index < -0.39 is 0 Å². The van der Waals surface area contributed by atoms with Crippen LogP contribution in [0.4, 0.5) is 0 Å². The van der Waals surface area contributed by atoms with Crippen molar-refractivity contribution in [1.29, 1.82) is 0 Å². The maximum Gasteiger partial charge on any atom is 0.0693 e. The molecule has 1 N–H and O–H groups in total. The van der Waals surface area contributed by atoms with Crippen LogP contribution >= 0.6 is 0 Å². The topological polar surface area (TPSA) is 21.3 Å². The van der Waals surface area contributed by atoms with Crippen LogP contribution in [-0.4, -0.2) is 25.8 Å². The summed E-state index contributed by atoms with van der Waals surface area (Å²) >= 11 is 0. The normalized spacial score (nSPS) is 23.2. The van der Waals surface area contributed by atoms with E-state index in [9.17, 15) is 0 Å². The second-order valence-corrected chi connectivity index (χ2v) is 3.58. The molecule has 66 valence electrons. The van der Waals surface area contributed by atoms with E-state index in [0.717, 1.165) is 5.92 Å². The van der Waals surface area contributed by atoms with Gasteiger partial charge in [0, 0.05) is 13.2 Å². The van der Waals surface area contributed by atoms with Crippen molar-refractivity contribution in [3.05, 3.63) is 0 Å². The predicted molar refractivity (Wildman–Crippen MR) is 46.7 cm³/mol. The van der Waals surface area contributed by atoms with Crippen LogP contribution in [0.15, 0.2) is 0 Å². The molecule has 0 spiro atoms. The van der Waals surface area contributed by atoms with Gasteiger partial charge in [-0.3, -0.25) is 0 Å². The third-order valence-electron chi connectivity index (χ3n) is 2.50. The van der Waals surface area contributed by atoms with E-state index in [1.54, 1.807) is 7.11 Å². The molecule has 1 aliphatic rings.